The van der Waals surface area contributed by atoms with E-state index in [1.807, 2.05) is 30.3 Å². The molecule has 0 bridgehead atoms. The van der Waals surface area contributed by atoms with Crippen molar-refractivity contribution in [2.45, 2.75) is 0 Å². The molecule has 0 fully saturated rings. The van der Waals surface area contributed by atoms with Gasteiger partial charge in [0, 0.05) is 12.3 Å². The van der Waals surface area contributed by atoms with Crippen molar-refractivity contribution < 1.29 is 14.7 Å². The Bertz CT molecular complexity index is 352. The molecule has 1 aromatic carbocycles. The summed E-state index contributed by atoms with van der Waals surface area (Å²) < 4.78 is 0. The van der Waals surface area contributed by atoms with E-state index in [1.54, 1.807) is 0 Å². The number of amidine groups is 1. The van der Waals surface area contributed by atoms with Crippen LogP contribution in [0.2, 0.25) is 0 Å². The van der Waals surface area contributed by atoms with E-state index in [2.05, 4.69) is 16.7 Å². The number of nitrogens with one attached hydrogen (secondary N) is 1. The highest BCUT2D eigenvalue weighted by Gasteiger charge is 1.91. The Balaban J connectivity index is 0.000000293. The van der Waals surface area contributed by atoms with Crippen LogP contribution in [0, 0.1) is 5.41 Å². The molecular weight excluding hydrogens is 210 g/mol. The summed E-state index contributed by atoms with van der Waals surface area (Å²) in [5, 5.41) is 17.7. The molecular formula is C10H13N3O3. The molecule has 6 nitrogen and oxygen atoms in total. The van der Waals surface area contributed by atoms with E-state index in [-0.39, 0.29) is 5.84 Å². The SMILES string of the molecule is C=NOCC(=O)O.N=C(N)c1ccccc1. The minimum absolute atomic E-state index is 0.121. The fourth-order valence-electron chi connectivity index (χ4n) is 0.719. The zero-order chi connectivity index (χ0) is 12.4. The molecule has 0 unspecified atom stereocenters. The highest BCUT2D eigenvalue weighted by Crippen LogP contribution is 1.94. The number of carboxylic acid groups (broad SMARTS) is 1. The number of oxime groups is 1. The van der Waals surface area contributed by atoms with Gasteiger partial charge in [0.1, 0.15) is 5.84 Å². The third-order valence-corrected chi connectivity index (χ3v) is 1.36. The second-order valence-electron chi connectivity index (χ2n) is 2.58. The molecule has 16 heavy (non-hydrogen) atoms. The van der Waals surface area contributed by atoms with Crippen LogP contribution in [0.25, 0.3) is 0 Å². The normalized spacial score (nSPS) is 8.25. The van der Waals surface area contributed by atoms with Crippen LogP contribution in [0.15, 0.2) is 35.5 Å². The summed E-state index contributed by atoms with van der Waals surface area (Å²) in [5.41, 5.74) is 5.97. The summed E-state index contributed by atoms with van der Waals surface area (Å²) in [5.74, 6) is -0.928. The second kappa shape index (κ2) is 7.98. The van der Waals surface area contributed by atoms with Crippen LogP contribution in [-0.4, -0.2) is 30.2 Å². The average molecular weight is 223 g/mol. The van der Waals surface area contributed by atoms with Gasteiger partial charge in [0.15, 0.2) is 0 Å². The Morgan fingerprint density at radius 1 is 1.50 bits per heavy atom. The van der Waals surface area contributed by atoms with Gasteiger partial charge >= 0.3 is 5.97 Å². The lowest BCUT2D eigenvalue weighted by Crippen LogP contribution is -2.10. The van der Waals surface area contributed by atoms with Crippen molar-refractivity contribution in [1.29, 1.82) is 5.41 Å². The summed E-state index contributed by atoms with van der Waals surface area (Å²) >= 11 is 0. The van der Waals surface area contributed by atoms with Crippen LogP contribution in [0.5, 0.6) is 0 Å². The molecule has 86 valence electrons. The van der Waals surface area contributed by atoms with Crippen molar-refractivity contribution in [1.82, 2.24) is 0 Å². The van der Waals surface area contributed by atoms with Gasteiger partial charge in [0.2, 0.25) is 6.61 Å². The van der Waals surface area contributed by atoms with Gasteiger partial charge in [-0.05, 0) is 0 Å². The standard InChI is InChI=1S/C7H8N2.C3H5NO3/c8-7(9)6-4-2-1-3-5-6;1-4-7-2-3(5)6/h1-5H,(H3,8,9);1-2H2,(H,5,6). The molecule has 0 amide bonds. The maximum absolute atomic E-state index is 9.55. The molecule has 0 aromatic heterocycles. The summed E-state index contributed by atoms with van der Waals surface area (Å²) in [7, 11) is 0. The lowest BCUT2D eigenvalue weighted by molar-refractivity contribution is -0.142. The van der Waals surface area contributed by atoms with Crippen molar-refractivity contribution in [3.05, 3.63) is 35.9 Å². The van der Waals surface area contributed by atoms with Gasteiger partial charge in [0.05, 0.1) is 0 Å². The monoisotopic (exact) mass is 223 g/mol. The van der Waals surface area contributed by atoms with Crippen molar-refractivity contribution in [3.63, 3.8) is 0 Å². The largest absolute Gasteiger partial charge is 0.479 e. The van der Waals surface area contributed by atoms with E-state index in [0.29, 0.717) is 0 Å². The van der Waals surface area contributed by atoms with E-state index in [0.717, 1.165) is 5.56 Å². The maximum atomic E-state index is 9.55. The number of carbonyl (C=O) groups is 1. The Morgan fingerprint density at radius 3 is 2.31 bits per heavy atom. The Hall–Kier alpha value is -2.37. The minimum atomic E-state index is -1.05. The third-order valence-electron chi connectivity index (χ3n) is 1.36. The van der Waals surface area contributed by atoms with Crippen LogP contribution in [0.3, 0.4) is 0 Å². The first-order valence-electron chi connectivity index (χ1n) is 4.27. The van der Waals surface area contributed by atoms with Gasteiger partial charge in [-0.25, -0.2) is 4.79 Å². The van der Waals surface area contributed by atoms with Gasteiger partial charge in [-0.15, -0.1) is 5.16 Å². The number of rotatable bonds is 4. The second-order valence-corrected chi connectivity index (χ2v) is 2.58. The zero-order valence-electron chi connectivity index (χ0n) is 8.59. The number of nitrogens with two attached hydrogens (primary N) is 1. The van der Waals surface area contributed by atoms with Crippen LogP contribution in [-0.2, 0) is 9.63 Å². The van der Waals surface area contributed by atoms with E-state index >= 15 is 0 Å². The quantitative estimate of drug-likeness (QED) is 0.396. The molecule has 0 spiro atoms. The van der Waals surface area contributed by atoms with E-state index in [1.165, 1.54) is 0 Å². The fourth-order valence-corrected chi connectivity index (χ4v) is 0.719. The van der Waals surface area contributed by atoms with Gasteiger partial charge in [-0.3, -0.25) is 5.41 Å². The molecule has 4 N–H and O–H groups in total. The number of aliphatic carboxylic acids is 1. The molecule has 0 radical (unpaired) electrons. The molecule has 1 aromatic rings. The predicted molar refractivity (Wildman–Crippen MR) is 60.6 cm³/mol. The van der Waals surface area contributed by atoms with Crippen molar-refractivity contribution in [2.75, 3.05) is 6.61 Å². The Labute approximate surface area is 92.8 Å². The summed E-state index contributed by atoms with van der Waals surface area (Å²) in [6, 6.07) is 9.23. The molecule has 0 saturated heterocycles. The maximum Gasteiger partial charge on any atom is 0.344 e. The number of nitrogens with zero attached hydrogens (tertiary/aromatic N) is 1. The average Bonchev–Trinajstić information content (AvgIpc) is 2.28. The number of hydrogen-bond donors (Lipinski definition) is 3. The molecule has 0 aliphatic carbocycles. The Kier molecular flexibility index (Phi) is 6.80. The lowest BCUT2D eigenvalue weighted by Gasteiger charge is -1.93. The molecule has 0 atom stereocenters. The number of carboxylic acids is 1. The van der Waals surface area contributed by atoms with E-state index in [9.17, 15) is 4.79 Å². The Morgan fingerprint density at radius 2 is 2.06 bits per heavy atom. The van der Waals surface area contributed by atoms with Crippen LogP contribution < -0.4 is 5.73 Å². The first-order chi connectivity index (χ1) is 7.57. The van der Waals surface area contributed by atoms with E-state index in [4.69, 9.17) is 16.2 Å². The summed E-state index contributed by atoms with van der Waals surface area (Å²) in [4.78, 5) is 13.6. The molecule has 1 rings (SSSR count). The number of nitrogen functional groups attached to an aromatic ring is 1. The van der Waals surface area contributed by atoms with Gasteiger partial charge in [0.25, 0.3) is 0 Å². The molecule has 0 saturated carbocycles. The highest BCUT2D eigenvalue weighted by atomic mass is 16.6. The number of hydrogen-bond acceptors (Lipinski definition) is 4. The molecule has 0 heterocycles. The van der Waals surface area contributed by atoms with Crippen LogP contribution >= 0.6 is 0 Å². The van der Waals surface area contributed by atoms with Gasteiger partial charge in [-0.1, -0.05) is 30.3 Å². The zero-order valence-corrected chi connectivity index (χ0v) is 8.59. The first-order valence-corrected chi connectivity index (χ1v) is 4.27. The van der Waals surface area contributed by atoms with Crippen LogP contribution in [0.4, 0.5) is 0 Å². The van der Waals surface area contributed by atoms with Crippen molar-refractivity contribution >= 4 is 18.5 Å². The molecule has 0 aliphatic heterocycles. The highest BCUT2D eigenvalue weighted by molar-refractivity contribution is 5.94. The van der Waals surface area contributed by atoms with Crippen molar-refractivity contribution in [2.24, 2.45) is 10.9 Å². The number of benzene rings is 1. The predicted octanol–water partition coefficient (Wildman–Crippen LogP) is 0.674. The topological polar surface area (TPSA) is 109 Å². The van der Waals surface area contributed by atoms with E-state index < -0.39 is 12.6 Å². The van der Waals surface area contributed by atoms with Gasteiger partial charge in [-0.2, -0.15) is 0 Å². The minimum Gasteiger partial charge on any atom is -0.479 e. The van der Waals surface area contributed by atoms with Crippen LogP contribution in [0.1, 0.15) is 5.56 Å². The van der Waals surface area contributed by atoms with Gasteiger partial charge < -0.3 is 15.7 Å². The first kappa shape index (κ1) is 13.6. The third kappa shape index (κ3) is 7.07. The molecule has 6 heteroatoms. The fraction of sp³-hybridized carbons (Fsp3) is 0.100. The summed E-state index contributed by atoms with van der Waals surface area (Å²) in [6.45, 7) is 2.48. The summed E-state index contributed by atoms with van der Waals surface area (Å²) in [6.07, 6.45) is 0. The smallest absolute Gasteiger partial charge is 0.344 e. The lowest BCUT2D eigenvalue weighted by atomic mass is 10.2. The molecule has 0 aliphatic rings. The van der Waals surface area contributed by atoms with Crippen molar-refractivity contribution in [3.8, 4) is 0 Å².